The molecule has 2 N–H and O–H groups in total. The van der Waals surface area contributed by atoms with E-state index < -0.39 is 5.97 Å². The van der Waals surface area contributed by atoms with Crippen molar-refractivity contribution >= 4 is 12.3 Å². The second kappa shape index (κ2) is 15.7. The molecule has 0 atom stereocenters. The minimum absolute atomic E-state index is 0.318. The third-order valence-corrected chi connectivity index (χ3v) is 4.95. The Morgan fingerprint density at radius 2 is 1.77 bits per heavy atom. The molecule has 1 aliphatic rings. The minimum atomic E-state index is -0.879. The van der Waals surface area contributed by atoms with Crippen molar-refractivity contribution in [1.82, 2.24) is 20.7 Å². The highest BCUT2D eigenvalue weighted by atomic mass is 16.5. The van der Waals surface area contributed by atoms with E-state index in [0.29, 0.717) is 29.2 Å². The number of carboxylic acid groups (broad SMARTS) is 1. The van der Waals surface area contributed by atoms with Crippen molar-refractivity contribution in [3.63, 3.8) is 0 Å². The molecule has 1 aliphatic carbocycles. The first-order valence-electron chi connectivity index (χ1n) is 11.2. The Morgan fingerprint density at radius 1 is 1.11 bits per heavy atom. The van der Waals surface area contributed by atoms with Crippen LogP contribution in [-0.4, -0.2) is 45.8 Å². The molecule has 0 spiro atoms. The molecule has 4 aromatic rings. The molecule has 0 saturated heterocycles. The maximum atomic E-state index is 10.3. The van der Waals surface area contributed by atoms with Crippen LogP contribution >= 0.6 is 0 Å². The maximum absolute atomic E-state index is 10.3. The van der Waals surface area contributed by atoms with Gasteiger partial charge in [0.1, 0.15) is 5.69 Å². The number of benzene rings is 2. The molecule has 35 heavy (non-hydrogen) atoms. The molecule has 0 bridgehead atoms. The van der Waals surface area contributed by atoms with Gasteiger partial charge in [-0.15, -0.1) is 10.2 Å². The van der Waals surface area contributed by atoms with E-state index in [1.165, 1.54) is 25.7 Å². The highest BCUT2D eigenvalue weighted by Crippen LogP contribution is 2.18. The Kier molecular flexibility index (Phi) is 12.2. The predicted octanol–water partition coefficient (Wildman–Crippen LogP) is 4.93. The molecule has 0 amide bonds. The zero-order chi connectivity index (χ0) is 25.3. The molecule has 1 saturated carbocycles. The number of carbonyl (C=O) groups excluding carboxylic acids is 1. The van der Waals surface area contributed by atoms with Crippen molar-refractivity contribution < 1.29 is 23.6 Å². The van der Waals surface area contributed by atoms with E-state index in [1.807, 2.05) is 44.3 Å². The van der Waals surface area contributed by atoms with Crippen LogP contribution in [0.2, 0.25) is 0 Å². The SMILES string of the molecule is CCc1nnco1.CNC1CCC1.O=C(O)c1ccccc1.O=Cc1cc(-c2ccccc2)on1. The van der Waals surface area contributed by atoms with Gasteiger partial charge < -0.3 is 19.4 Å². The Bertz CT molecular complexity index is 1090. The molecule has 2 aromatic heterocycles. The van der Waals surface area contributed by atoms with Crippen LogP contribution in [-0.2, 0) is 6.42 Å². The standard InChI is InChI=1S/C10H7NO2.C7H6O2.C5H11N.C4H6N2O/c12-7-9-6-10(13-11-9)8-4-2-1-3-5-8;8-7(9)6-4-2-1-3-5-6;1-6-5-3-2-4-5;1-2-4-6-5-3-7-4/h1-7H;1-5H,(H,8,9);5-6H,2-4H2,1H3;3H,2H2,1H3. The van der Waals surface area contributed by atoms with Crippen LogP contribution in [0.4, 0.5) is 0 Å². The van der Waals surface area contributed by atoms with E-state index in [9.17, 15) is 9.59 Å². The van der Waals surface area contributed by atoms with Crippen molar-refractivity contribution in [3.05, 3.63) is 90.3 Å². The predicted molar refractivity (Wildman–Crippen MR) is 131 cm³/mol. The van der Waals surface area contributed by atoms with Crippen LogP contribution in [0.25, 0.3) is 11.3 Å². The van der Waals surface area contributed by atoms with E-state index in [2.05, 4.69) is 20.7 Å². The molecule has 9 heteroatoms. The first-order chi connectivity index (χ1) is 17.1. The Morgan fingerprint density at radius 3 is 2.11 bits per heavy atom. The molecule has 0 unspecified atom stereocenters. The third-order valence-electron chi connectivity index (χ3n) is 4.95. The summed E-state index contributed by atoms with van der Waals surface area (Å²) in [4.78, 5) is 20.5. The van der Waals surface area contributed by atoms with Crippen LogP contribution < -0.4 is 5.32 Å². The summed E-state index contributed by atoms with van der Waals surface area (Å²) in [5.74, 6) is 0.429. The quantitative estimate of drug-likeness (QED) is 0.383. The van der Waals surface area contributed by atoms with Crippen molar-refractivity contribution in [1.29, 1.82) is 0 Å². The number of aldehydes is 1. The number of hydrogen-bond donors (Lipinski definition) is 2. The molecule has 184 valence electrons. The summed E-state index contributed by atoms with van der Waals surface area (Å²) in [6.07, 6.45) is 7.05. The molecule has 0 radical (unpaired) electrons. The highest BCUT2D eigenvalue weighted by Gasteiger charge is 2.13. The summed E-state index contributed by atoms with van der Waals surface area (Å²) in [6.45, 7) is 1.97. The lowest BCUT2D eigenvalue weighted by Gasteiger charge is -2.23. The van der Waals surface area contributed by atoms with Crippen LogP contribution in [0.1, 0.15) is 52.9 Å². The van der Waals surface area contributed by atoms with Gasteiger partial charge in [0, 0.05) is 24.1 Å². The first-order valence-corrected chi connectivity index (χ1v) is 11.2. The second-order valence-electron chi connectivity index (χ2n) is 7.37. The molecule has 2 heterocycles. The van der Waals surface area contributed by atoms with Crippen LogP contribution in [0.3, 0.4) is 0 Å². The van der Waals surface area contributed by atoms with Gasteiger partial charge in [-0.05, 0) is 32.0 Å². The number of nitrogens with zero attached hydrogens (tertiary/aromatic N) is 3. The zero-order valence-corrected chi connectivity index (χ0v) is 19.8. The molecule has 2 aromatic carbocycles. The lowest BCUT2D eigenvalue weighted by atomic mass is 9.94. The maximum Gasteiger partial charge on any atom is 0.335 e. The van der Waals surface area contributed by atoms with E-state index in [0.717, 1.165) is 18.0 Å². The minimum Gasteiger partial charge on any atom is -0.478 e. The van der Waals surface area contributed by atoms with Gasteiger partial charge in [0.05, 0.1) is 5.56 Å². The lowest BCUT2D eigenvalue weighted by Crippen LogP contribution is -2.31. The average Bonchev–Trinajstić information content (AvgIpc) is 3.58. The molecule has 1 fully saturated rings. The average molecular weight is 479 g/mol. The normalized spacial score (nSPS) is 11.8. The molecule has 0 aliphatic heterocycles. The number of aryl methyl sites for hydroxylation is 1. The van der Waals surface area contributed by atoms with Gasteiger partial charge in [-0.3, -0.25) is 4.79 Å². The number of nitrogens with one attached hydrogen (secondary N) is 1. The van der Waals surface area contributed by atoms with E-state index >= 15 is 0 Å². The number of carbonyl (C=O) groups is 2. The lowest BCUT2D eigenvalue weighted by molar-refractivity contribution is 0.0696. The fourth-order valence-electron chi connectivity index (χ4n) is 2.71. The Balaban J connectivity index is 0.000000173. The van der Waals surface area contributed by atoms with E-state index in [1.54, 1.807) is 36.4 Å². The summed E-state index contributed by atoms with van der Waals surface area (Å²) in [5, 5.41) is 22.2. The smallest absolute Gasteiger partial charge is 0.335 e. The van der Waals surface area contributed by atoms with Gasteiger partial charge >= 0.3 is 5.97 Å². The largest absolute Gasteiger partial charge is 0.478 e. The summed E-state index contributed by atoms with van der Waals surface area (Å²) >= 11 is 0. The zero-order valence-electron chi connectivity index (χ0n) is 19.8. The van der Waals surface area contributed by atoms with Crippen LogP contribution in [0.5, 0.6) is 0 Å². The fraction of sp³-hybridized carbons (Fsp3) is 0.269. The summed E-state index contributed by atoms with van der Waals surface area (Å²) < 4.78 is 9.72. The molecule has 5 rings (SSSR count). The van der Waals surface area contributed by atoms with Crippen molar-refractivity contribution in [2.24, 2.45) is 0 Å². The van der Waals surface area contributed by atoms with Gasteiger partial charge in [0.25, 0.3) is 0 Å². The molecular formula is C26H30N4O5. The van der Waals surface area contributed by atoms with E-state index in [4.69, 9.17) is 14.0 Å². The molecular weight excluding hydrogens is 448 g/mol. The van der Waals surface area contributed by atoms with Gasteiger partial charge in [0.15, 0.2) is 12.0 Å². The van der Waals surface area contributed by atoms with E-state index in [-0.39, 0.29) is 0 Å². The van der Waals surface area contributed by atoms with Crippen LogP contribution in [0, 0.1) is 0 Å². The summed E-state index contributed by atoms with van der Waals surface area (Å²) in [7, 11) is 2.03. The fourth-order valence-corrected chi connectivity index (χ4v) is 2.71. The molecule has 9 nitrogen and oxygen atoms in total. The van der Waals surface area contributed by atoms with Gasteiger partial charge in [-0.1, -0.05) is 67.0 Å². The topological polar surface area (TPSA) is 131 Å². The van der Waals surface area contributed by atoms with Crippen molar-refractivity contribution in [3.8, 4) is 11.3 Å². The number of aromatic nitrogens is 3. The first kappa shape index (κ1) is 27.1. The van der Waals surface area contributed by atoms with Gasteiger partial charge in [0.2, 0.25) is 12.3 Å². The van der Waals surface area contributed by atoms with Crippen molar-refractivity contribution in [2.45, 2.75) is 38.6 Å². The number of carboxylic acids is 1. The highest BCUT2D eigenvalue weighted by molar-refractivity contribution is 5.87. The summed E-state index contributed by atoms with van der Waals surface area (Å²) in [5.41, 5.74) is 1.57. The third kappa shape index (κ3) is 10.1. The number of hydrogen-bond acceptors (Lipinski definition) is 8. The van der Waals surface area contributed by atoms with Gasteiger partial charge in [-0.2, -0.15) is 0 Å². The van der Waals surface area contributed by atoms with Crippen LogP contribution in [0.15, 0.2) is 82.1 Å². The van der Waals surface area contributed by atoms with Crippen molar-refractivity contribution in [2.75, 3.05) is 7.05 Å². The second-order valence-corrected chi connectivity index (χ2v) is 7.37. The Hall–Kier alpha value is -4.11. The monoisotopic (exact) mass is 478 g/mol. The van der Waals surface area contributed by atoms with Gasteiger partial charge in [-0.25, -0.2) is 4.79 Å². The Labute approximate surface area is 204 Å². The number of rotatable bonds is 5. The summed E-state index contributed by atoms with van der Waals surface area (Å²) in [6, 6.07) is 20.3. The number of aromatic carboxylic acids is 1.